The molecule has 0 atom stereocenters. The maximum absolute atomic E-state index is 12.4. The molecule has 2 aromatic carbocycles. The van der Waals surface area contributed by atoms with Crippen LogP contribution in [0.5, 0.6) is 0 Å². The van der Waals surface area contributed by atoms with E-state index in [-0.39, 0.29) is 10.8 Å². The molecule has 1 heterocycles. The molecule has 3 rings (SSSR count). The van der Waals surface area contributed by atoms with Gasteiger partial charge in [0.2, 0.25) is 0 Å². The molecule has 0 unspecified atom stereocenters. The quantitative estimate of drug-likeness (QED) is 0.634. The predicted molar refractivity (Wildman–Crippen MR) is 102 cm³/mol. The summed E-state index contributed by atoms with van der Waals surface area (Å²) >= 11 is 1.27. The van der Waals surface area contributed by atoms with Crippen LogP contribution in [0.25, 0.3) is 11.3 Å². The van der Waals surface area contributed by atoms with Gasteiger partial charge in [-0.05, 0) is 47.9 Å². The molecule has 0 spiro atoms. The highest BCUT2D eigenvalue weighted by Crippen LogP contribution is 2.21. The highest BCUT2D eigenvalue weighted by Gasteiger charge is 2.21. The highest BCUT2D eigenvalue weighted by molar-refractivity contribution is 7.89. The van der Waals surface area contributed by atoms with E-state index in [0.29, 0.717) is 11.3 Å². The Balaban J connectivity index is 1.71. The number of hydroxylamine groups is 1. The van der Waals surface area contributed by atoms with E-state index >= 15 is 0 Å². The molecule has 8 nitrogen and oxygen atoms in total. The minimum atomic E-state index is -3.75. The van der Waals surface area contributed by atoms with Crippen molar-refractivity contribution in [2.45, 2.75) is 4.90 Å². The summed E-state index contributed by atoms with van der Waals surface area (Å²) in [6, 6.07) is 12.8. The molecule has 0 aliphatic carbocycles. The molecule has 27 heavy (non-hydrogen) atoms. The molecule has 0 aliphatic heterocycles. The largest absolute Gasteiger partial charge is 0.322 e. The van der Waals surface area contributed by atoms with E-state index in [1.807, 2.05) is 17.5 Å². The second kappa shape index (κ2) is 7.92. The number of sulfonamides is 1. The monoisotopic (exact) mass is 404 g/mol. The average molecular weight is 404 g/mol. The van der Waals surface area contributed by atoms with Crippen molar-refractivity contribution in [3.8, 4) is 11.3 Å². The minimum absolute atomic E-state index is 0.0321. The van der Waals surface area contributed by atoms with Crippen LogP contribution in [0.4, 0.5) is 5.69 Å². The van der Waals surface area contributed by atoms with Gasteiger partial charge in [-0.25, -0.2) is 8.42 Å². The molecule has 0 fully saturated rings. The second-order valence-electron chi connectivity index (χ2n) is 5.44. The van der Waals surface area contributed by atoms with Gasteiger partial charge in [0.15, 0.2) is 0 Å². The molecule has 0 saturated heterocycles. The van der Waals surface area contributed by atoms with E-state index in [1.165, 1.54) is 50.0 Å². The molecule has 10 heteroatoms. The second-order valence-corrected chi connectivity index (χ2v) is 7.99. The van der Waals surface area contributed by atoms with Crippen LogP contribution in [-0.2, 0) is 14.9 Å². The number of hydrogen-bond acceptors (Lipinski definition) is 7. The third-order valence-electron chi connectivity index (χ3n) is 3.81. The first-order valence-electron chi connectivity index (χ1n) is 7.74. The molecular formula is C17H16N4O4S2. The molecule has 0 aliphatic rings. The van der Waals surface area contributed by atoms with E-state index in [4.69, 9.17) is 4.84 Å². The molecule has 0 bridgehead atoms. The van der Waals surface area contributed by atoms with E-state index in [1.54, 1.807) is 12.1 Å². The summed E-state index contributed by atoms with van der Waals surface area (Å²) in [6.07, 6.45) is 0. The summed E-state index contributed by atoms with van der Waals surface area (Å²) in [5.41, 5.74) is 2.62. The van der Waals surface area contributed by atoms with Gasteiger partial charge in [0.25, 0.3) is 15.9 Å². The minimum Gasteiger partial charge on any atom is -0.322 e. The lowest BCUT2D eigenvalue weighted by Crippen LogP contribution is -2.25. The van der Waals surface area contributed by atoms with Gasteiger partial charge in [0.05, 0.1) is 12.0 Å². The van der Waals surface area contributed by atoms with Gasteiger partial charge >= 0.3 is 0 Å². The van der Waals surface area contributed by atoms with Crippen molar-refractivity contribution in [3.05, 3.63) is 59.5 Å². The van der Waals surface area contributed by atoms with Crippen molar-refractivity contribution >= 4 is 33.2 Å². The van der Waals surface area contributed by atoms with Gasteiger partial charge < -0.3 is 5.32 Å². The van der Waals surface area contributed by atoms with Crippen LogP contribution in [-0.4, -0.2) is 42.5 Å². The Labute approximate surface area is 160 Å². The molecule has 1 N–H and O–H groups in total. The number of rotatable bonds is 6. The molecule has 3 aromatic rings. The third kappa shape index (κ3) is 4.19. The van der Waals surface area contributed by atoms with Gasteiger partial charge in [0, 0.05) is 29.2 Å². The zero-order chi connectivity index (χ0) is 19.4. The number of carbonyl (C=O) groups is 1. The average Bonchev–Trinajstić information content (AvgIpc) is 3.22. The van der Waals surface area contributed by atoms with E-state index in [2.05, 4.69) is 14.9 Å². The zero-order valence-corrected chi connectivity index (χ0v) is 16.1. The fourth-order valence-corrected chi connectivity index (χ4v) is 3.68. The van der Waals surface area contributed by atoms with Crippen LogP contribution in [0, 0.1) is 0 Å². The number of anilines is 1. The summed E-state index contributed by atoms with van der Waals surface area (Å²) in [5.74, 6) is -0.345. The van der Waals surface area contributed by atoms with Crippen LogP contribution >= 0.6 is 11.5 Å². The number of nitrogens with one attached hydrogen (secondary N) is 1. The standard InChI is InChI=1S/C17H16N4O4S2/c1-21(25-2)27(23,24)15-9-5-13(6-10-15)17(22)18-14-7-3-12(4-8-14)16-11-26-20-19-16/h3-11H,1-2H3,(H,18,22). The number of amides is 1. The maximum Gasteiger partial charge on any atom is 0.264 e. The maximum atomic E-state index is 12.4. The summed E-state index contributed by atoms with van der Waals surface area (Å²) in [5, 5.41) is 8.59. The van der Waals surface area contributed by atoms with Gasteiger partial charge in [-0.2, -0.15) is 0 Å². The van der Waals surface area contributed by atoms with E-state index < -0.39 is 10.0 Å². The summed E-state index contributed by atoms with van der Waals surface area (Å²) in [6.45, 7) is 0. The van der Waals surface area contributed by atoms with Crippen LogP contribution in [0.15, 0.2) is 58.8 Å². The number of benzene rings is 2. The van der Waals surface area contributed by atoms with Crippen LogP contribution < -0.4 is 5.32 Å². The van der Waals surface area contributed by atoms with E-state index in [9.17, 15) is 13.2 Å². The smallest absolute Gasteiger partial charge is 0.264 e. The first-order chi connectivity index (χ1) is 12.9. The highest BCUT2D eigenvalue weighted by atomic mass is 32.2. The van der Waals surface area contributed by atoms with Crippen LogP contribution in [0.3, 0.4) is 0 Å². The fourth-order valence-electron chi connectivity index (χ4n) is 2.24. The lowest BCUT2D eigenvalue weighted by Gasteiger charge is -2.14. The zero-order valence-electron chi connectivity index (χ0n) is 14.5. The van der Waals surface area contributed by atoms with Crippen molar-refractivity contribution < 1.29 is 18.0 Å². The number of aromatic nitrogens is 2. The van der Waals surface area contributed by atoms with Crippen molar-refractivity contribution in [2.75, 3.05) is 19.5 Å². The molecule has 0 saturated carbocycles. The first kappa shape index (κ1) is 19.1. The Morgan fingerprint density at radius 2 is 1.78 bits per heavy atom. The lowest BCUT2D eigenvalue weighted by atomic mass is 10.1. The van der Waals surface area contributed by atoms with Crippen molar-refractivity contribution in [2.24, 2.45) is 0 Å². The SMILES string of the molecule is CON(C)S(=O)(=O)c1ccc(C(=O)Nc2ccc(-c3csnn3)cc2)cc1. The van der Waals surface area contributed by atoms with Gasteiger partial charge in [0.1, 0.15) is 5.69 Å². The van der Waals surface area contributed by atoms with Gasteiger partial charge in [-0.3, -0.25) is 9.63 Å². The molecule has 1 amide bonds. The first-order valence-corrected chi connectivity index (χ1v) is 10.0. The third-order valence-corrected chi connectivity index (χ3v) is 6.01. The van der Waals surface area contributed by atoms with Gasteiger partial charge in [-0.15, -0.1) is 5.10 Å². The van der Waals surface area contributed by atoms with Crippen molar-refractivity contribution in [1.82, 2.24) is 14.1 Å². The summed E-state index contributed by atoms with van der Waals surface area (Å²) in [4.78, 5) is 17.1. The van der Waals surface area contributed by atoms with Crippen molar-refractivity contribution in [3.63, 3.8) is 0 Å². The Bertz CT molecular complexity index is 1020. The fraction of sp³-hybridized carbons (Fsp3) is 0.118. The molecule has 0 radical (unpaired) electrons. The molecule has 140 valence electrons. The number of carbonyl (C=O) groups excluding carboxylic acids is 1. The Morgan fingerprint density at radius 1 is 1.11 bits per heavy atom. The summed E-state index contributed by atoms with van der Waals surface area (Å²) < 4.78 is 28.9. The van der Waals surface area contributed by atoms with Crippen molar-refractivity contribution in [1.29, 1.82) is 0 Å². The number of hydrogen-bond donors (Lipinski definition) is 1. The topological polar surface area (TPSA) is 101 Å². The Kier molecular flexibility index (Phi) is 5.61. The Morgan fingerprint density at radius 3 is 2.33 bits per heavy atom. The van der Waals surface area contributed by atoms with Crippen LogP contribution in [0.2, 0.25) is 0 Å². The normalized spacial score (nSPS) is 11.5. The number of nitrogens with zero attached hydrogens (tertiary/aromatic N) is 3. The van der Waals surface area contributed by atoms with Crippen LogP contribution in [0.1, 0.15) is 10.4 Å². The Hall–Kier alpha value is -2.66. The molecule has 1 aromatic heterocycles. The van der Waals surface area contributed by atoms with E-state index in [0.717, 1.165) is 15.7 Å². The summed E-state index contributed by atoms with van der Waals surface area (Å²) in [7, 11) is -1.20. The van der Waals surface area contributed by atoms with Gasteiger partial charge in [-0.1, -0.05) is 21.1 Å². The molecular weight excluding hydrogens is 388 g/mol. The predicted octanol–water partition coefficient (Wildman–Crippen LogP) is 2.64. The lowest BCUT2D eigenvalue weighted by molar-refractivity contribution is -0.0258.